The van der Waals surface area contributed by atoms with Crippen molar-refractivity contribution in [2.45, 2.75) is 18.3 Å². The first-order valence-electron chi connectivity index (χ1n) is 8.00. The predicted molar refractivity (Wildman–Crippen MR) is 84.6 cm³/mol. The number of likely N-dealkylation sites (N-methyl/N-ethyl adjacent to an activating group) is 1. The quantitative estimate of drug-likeness (QED) is 0.791. The third kappa shape index (κ3) is 2.76. The van der Waals surface area contributed by atoms with Gasteiger partial charge in [0.1, 0.15) is 0 Å². The number of hydrogen-bond donors (Lipinski definition) is 1. The van der Waals surface area contributed by atoms with Crippen molar-refractivity contribution in [1.29, 1.82) is 0 Å². The van der Waals surface area contributed by atoms with E-state index in [2.05, 4.69) is 5.32 Å². The molecule has 2 aliphatic rings. The number of alkyl halides is 3. The van der Waals surface area contributed by atoms with E-state index in [0.29, 0.717) is 5.56 Å². The normalized spacial score (nSPS) is 28.5. The lowest BCUT2D eigenvalue weighted by atomic mass is 9.86. The molecule has 0 unspecified atom stereocenters. The molecule has 1 N–H and O–H groups in total. The molecule has 0 aromatic heterocycles. The van der Waals surface area contributed by atoms with Crippen molar-refractivity contribution in [3.63, 3.8) is 0 Å². The van der Waals surface area contributed by atoms with E-state index in [1.807, 2.05) is 0 Å². The lowest BCUT2D eigenvalue weighted by Crippen LogP contribution is -2.46. The van der Waals surface area contributed by atoms with Crippen LogP contribution in [0.15, 0.2) is 24.3 Å². The molecule has 6 nitrogen and oxygen atoms in total. The molecule has 0 spiro atoms. The van der Waals surface area contributed by atoms with Gasteiger partial charge >= 0.3 is 6.18 Å². The number of benzene rings is 1. The molecule has 0 bridgehead atoms. The van der Waals surface area contributed by atoms with Gasteiger partial charge in [0.05, 0.1) is 23.4 Å². The number of carbonyl (C=O) groups excluding carboxylic acids is 3. The van der Waals surface area contributed by atoms with E-state index in [-0.39, 0.29) is 5.91 Å². The SMILES string of the molecule is CN(C)C(=O)[C@@H]1N[C@H](c2ccc(C(F)(F)F)cc2)[C@H]2C(=O)N(C)C(=O)[C@H]21. The molecule has 1 aromatic rings. The number of hydrogen-bond acceptors (Lipinski definition) is 4. The fourth-order valence-corrected chi connectivity index (χ4v) is 3.65. The fraction of sp³-hybridized carbons (Fsp3) is 0.471. The van der Waals surface area contributed by atoms with Crippen LogP contribution in [0.1, 0.15) is 17.2 Å². The van der Waals surface area contributed by atoms with Gasteiger partial charge in [-0.25, -0.2) is 0 Å². The van der Waals surface area contributed by atoms with Gasteiger partial charge in [-0.3, -0.25) is 24.6 Å². The molecular weight excluding hydrogens is 351 g/mol. The third-order valence-electron chi connectivity index (χ3n) is 5.00. The molecule has 3 rings (SSSR count). The van der Waals surface area contributed by atoms with Crippen LogP contribution in [0.3, 0.4) is 0 Å². The average Bonchev–Trinajstić information content (AvgIpc) is 3.07. The Morgan fingerprint density at radius 1 is 1.08 bits per heavy atom. The van der Waals surface area contributed by atoms with E-state index in [9.17, 15) is 27.6 Å². The smallest absolute Gasteiger partial charge is 0.347 e. The number of likely N-dealkylation sites (tertiary alicyclic amines) is 1. The van der Waals surface area contributed by atoms with Crippen LogP contribution in [0.2, 0.25) is 0 Å². The number of fused-ring (bicyclic) bond motifs is 1. The lowest BCUT2D eigenvalue weighted by Gasteiger charge is -2.22. The summed E-state index contributed by atoms with van der Waals surface area (Å²) in [5, 5.41) is 2.99. The number of imide groups is 1. The highest BCUT2D eigenvalue weighted by atomic mass is 19.4. The van der Waals surface area contributed by atoms with Gasteiger partial charge in [0.25, 0.3) is 0 Å². The molecule has 1 aromatic carbocycles. The molecule has 2 fully saturated rings. The minimum absolute atomic E-state index is 0.356. The Labute approximate surface area is 147 Å². The lowest BCUT2D eigenvalue weighted by molar-refractivity contribution is -0.141. The number of nitrogens with zero attached hydrogens (tertiary/aromatic N) is 2. The van der Waals surface area contributed by atoms with Gasteiger partial charge in [0.15, 0.2) is 0 Å². The van der Waals surface area contributed by atoms with Crippen molar-refractivity contribution in [2.24, 2.45) is 11.8 Å². The van der Waals surface area contributed by atoms with Crippen LogP contribution < -0.4 is 5.32 Å². The summed E-state index contributed by atoms with van der Waals surface area (Å²) in [6, 6.07) is 2.80. The number of nitrogens with one attached hydrogen (secondary N) is 1. The maximum absolute atomic E-state index is 12.8. The molecular formula is C17H18F3N3O3. The minimum Gasteiger partial charge on any atom is -0.347 e. The van der Waals surface area contributed by atoms with Crippen molar-refractivity contribution >= 4 is 17.7 Å². The Kier molecular flexibility index (Phi) is 4.30. The van der Waals surface area contributed by atoms with E-state index in [0.717, 1.165) is 17.0 Å². The van der Waals surface area contributed by atoms with E-state index < -0.39 is 47.5 Å². The van der Waals surface area contributed by atoms with Crippen LogP contribution >= 0.6 is 0 Å². The zero-order valence-corrected chi connectivity index (χ0v) is 14.4. The molecule has 0 aliphatic carbocycles. The first-order chi connectivity index (χ1) is 12.0. The van der Waals surface area contributed by atoms with Gasteiger partial charge < -0.3 is 4.90 Å². The monoisotopic (exact) mass is 369 g/mol. The van der Waals surface area contributed by atoms with Crippen LogP contribution in [0.5, 0.6) is 0 Å². The summed E-state index contributed by atoms with van der Waals surface area (Å²) in [4.78, 5) is 39.7. The highest BCUT2D eigenvalue weighted by Gasteiger charge is 2.60. The zero-order valence-electron chi connectivity index (χ0n) is 14.4. The average molecular weight is 369 g/mol. The van der Waals surface area contributed by atoms with Crippen molar-refractivity contribution < 1.29 is 27.6 Å². The highest BCUT2D eigenvalue weighted by molar-refractivity contribution is 6.08. The Morgan fingerprint density at radius 2 is 1.62 bits per heavy atom. The first kappa shape index (κ1) is 18.4. The van der Waals surface area contributed by atoms with Crippen molar-refractivity contribution in [2.75, 3.05) is 21.1 Å². The Morgan fingerprint density at radius 3 is 2.12 bits per heavy atom. The van der Waals surface area contributed by atoms with Gasteiger partial charge in [-0.1, -0.05) is 12.1 Å². The molecule has 3 amide bonds. The summed E-state index contributed by atoms with van der Waals surface area (Å²) in [5.74, 6) is -2.94. The Hall–Kier alpha value is -2.42. The minimum atomic E-state index is -4.47. The Balaban J connectivity index is 1.98. The number of halogens is 3. The summed E-state index contributed by atoms with van der Waals surface area (Å²) < 4.78 is 38.3. The first-order valence-corrected chi connectivity index (χ1v) is 8.00. The number of amides is 3. The summed E-state index contributed by atoms with van der Waals surface area (Å²) in [5.41, 5.74) is -0.374. The second-order valence-electron chi connectivity index (χ2n) is 6.76. The van der Waals surface area contributed by atoms with E-state index >= 15 is 0 Å². The standard InChI is InChI=1S/C17H18F3N3O3/c1-22(2)16(26)13-11-10(14(24)23(3)15(11)25)12(21-13)8-4-6-9(7-5-8)17(18,19)20/h4-7,10-13,21H,1-3H3/t10-,11+,12+,13+/m0/s1. The summed E-state index contributed by atoms with van der Waals surface area (Å²) in [7, 11) is 4.43. The molecule has 140 valence electrons. The van der Waals surface area contributed by atoms with Crippen LogP contribution in [0.4, 0.5) is 13.2 Å². The molecule has 9 heteroatoms. The summed E-state index contributed by atoms with van der Waals surface area (Å²) >= 11 is 0. The molecule has 2 aliphatic heterocycles. The van der Waals surface area contributed by atoms with Crippen molar-refractivity contribution in [1.82, 2.24) is 15.1 Å². The van der Waals surface area contributed by atoms with Crippen LogP contribution in [0.25, 0.3) is 0 Å². The maximum atomic E-state index is 12.8. The maximum Gasteiger partial charge on any atom is 0.416 e. The van der Waals surface area contributed by atoms with E-state index in [1.165, 1.54) is 38.2 Å². The van der Waals surface area contributed by atoms with Gasteiger partial charge in [0.2, 0.25) is 17.7 Å². The molecule has 2 saturated heterocycles. The highest BCUT2D eigenvalue weighted by Crippen LogP contribution is 2.44. The van der Waals surface area contributed by atoms with E-state index in [1.54, 1.807) is 0 Å². The van der Waals surface area contributed by atoms with Crippen LogP contribution in [-0.4, -0.2) is 54.7 Å². The molecule has 4 atom stereocenters. The van der Waals surface area contributed by atoms with Gasteiger partial charge in [-0.05, 0) is 17.7 Å². The Bertz CT molecular complexity index is 761. The van der Waals surface area contributed by atoms with Crippen molar-refractivity contribution in [3.8, 4) is 0 Å². The topological polar surface area (TPSA) is 69.7 Å². The van der Waals surface area contributed by atoms with Crippen molar-refractivity contribution in [3.05, 3.63) is 35.4 Å². The predicted octanol–water partition coefficient (Wildman–Crippen LogP) is 1.04. The second-order valence-corrected chi connectivity index (χ2v) is 6.76. The largest absolute Gasteiger partial charge is 0.416 e. The molecule has 2 heterocycles. The fourth-order valence-electron chi connectivity index (χ4n) is 3.65. The van der Waals surface area contributed by atoms with Crippen LogP contribution in [-0.2, 0) is 20.6 Å². The summed E-state index contributed by atoms with van der Waals surface area (Å²) in [6.07, 6.45) is -4.47. The third-order valence-corrected chi connectivity index (χ3v) is 5.00. The van der Waals surface area contributed by atoms with Gasteiger partial charge in [0, 0.05) is 27.2 Å². The summed E-state index contributed by atoms with van der Waals surface area (Å²) in [6.45, 7) is 0. The molecule has 0 saturated carbocycles. The van der Waals surface area contributed by atoms with Gasteiger partial charge in [-0.15, -0.1) is 0 Å². The van der Waals surface area contributed by atoms with Crippen LogP contribution in [0, 0.1) is 11.8 Å². The number of carbonyl (C=O) groups is 3. The molecule has 26 heavy (non-hydrogen) atoms. The van der Waals surface area contributed by atoms with E-state index in [4.69, 9.17) is 0 Å². The van der Waals surface area contributed by atoms with Gasteiger partial charge in [-0.2, -0.15) is 13.2 Å². The zero-order chi connectivity index (χ0) is 19.4. The molecule has 0 radical (unpaired) electrons. The second kappa shape index (κ2) is 6.08. The number of rotatable bonds is 2.